The minimum absolute atomic E-state index is 0.221. The monoisotopic (exact) mass is 230 g/mol. The lowest BCUT2D eigenvalue weighted by Gasteiger charge is -2.01. The van der Waals surface area contributed by atoms with E-state index in [2.05, 4.69) is 13.8 Å². The summed E-state index contributed by atoms with van der Waals surface area (Å²) in [5.41, 5.74) is 1.00. The maximum absolute atomic E-state index is 11.7. The van der Waals surface area contributed by atoms with Gasteiger partial charge in [0.05, 0.1) is 9.21 Å². The molecule has 0 amide bonds. The van der Waals surface area contributed by atoms with E-state index in [1.165, 1.54) is 11.3 Å². The van der Waals surface area contributed by atoms with E-state index < -0.39 is 0 Å². The Morgan fingerprint density at radius 1 is 1.57 bits per heavy atom. The second-order valence-electron chi connectivity index (χ2n) is 3.92. The Labute approximate surface area is 94.1 Å². The van der Waals surface area contributed by atoms with Gasteiger partial charge in [0.25, 0.3) is 0 Å². The van der Waals surface area contributed by atoms with Crippen LogP contribution in [0.5, 0.6) is 0 Å². The molecule has 1 nitrogen and oxygen atoms in total. The number of hydrogen-bond acceptors (Lipinski definition) is 2. The fourth-order valence-electron chi connectivity index (χ4n) is 1.14. The minimum atomic E-state index is 0.221. The van der Waals surface area contributed by atoms with Crippen LogP contribution in [0.3, 0.4) is 0 Å². The third-order valence-corrected chi connectivity index (χ3v) is 3.68. The number of halogens is 1. The zero-order valence-corrected chi connectivity index (χ0v) is 10.3. The molecule has 0 aliphatic heterocycles. The van der Waals surface area contributed by atoms with Gasteiger partial charge in [0.15, 0.2) is 5.78 Å². The highest BCUT2D eigenvalue weighted by Gasteiger charge is 2.11. The van der Waals surface area contributed by atoms with E-state index in [1.807, 2.05) is 13.0 Å². The van der Waals surface area contributed by atoms with E-state index in [0.29, 0.717) is 12.3 Å². The molecule has 0 spiro atoms. The van der Waals surface area contributed by atoms with Gasteiger partial charge in [-0.15, -0.1) is 11.3 Å². The molecule has 0 N–H and O–H groups in total. The van der Waals surface area contributed by atoms with E-state index in [-0.39, 0.29) is 5.78 Å². The topological polar surface area (TPSA) is 17.1 Å². The first-order valence-electron chi connectivity index (χ1n) is 4.80. The van der Waals surface area contributed by atoms with Gasteiger partial charge in [-0.3, -0.25) is 4.79 Å². The van der Waals surface area contributed by atoms with E-state index in [9.17, 15) is 4.79 Å². The zero-order valence-electron chi connectivity index (χ0n) is 8.76. The van der Waals surface area contributed by atoms with Crippen molar-refractivity contribution in [1.29, 1.82) is 0 Å². The third kappa shape index (κ3) is 3.10. The van der Waals surface area contributed by atoms with Crippen LogP contribution in [-0.4, -0.2) is 5.78 Å². The molecule has 0 aliphatic carbocycles. The molecule has 0 bridgehead atoms. The largest absolute Gasteiger partial charge is 0.293 e. The lowest BCUT2D eigenvalue weighted by atomic mass is 10.1. The zero-order chi connectivity index (χ0) is 10.7. The van der Waals surface area contributed by atoms with Crippen LogP contribution in [0.25, 0.3) is 0 Å². The van der Waals surface area contributed by atoms with Crippen LogP contribution in [0.15, 0.2) is 6.07 Å². The molecule has 0 fully saturated rings. The SMILES string of the molecule is Cc1cc(C(=O)CCC(C)C)sc1Cl. The van der Waals surface area contributed by atoms with Gasteiger partial charge >= 0.3 is 0 Å². The molecule has 0 radical (unpaired) electrons. The summed E-state index contributed by atoms with van der Waals surface area (Å²) in [5.74, 6) is 0.800. The summed E-state index contributed by atoms with van der Waals surface area (Å²) in [6.07, 6.45) is 1.58. The molecule has 0 aliphatic rings. The Kier molecular flexibility index (Phi) is 4.14. The van der Waals surface area contributed by atoms with Crippen molar-refractivity contribution in [2.75, 3.05) is 0 Å². The Balaban J connectivity index is 2.61. The van der Waals surface area contributed by atoms with E-state index in [1.54, 1.807) is 0 Å². The van der Waals surface area contributed by atoms with Gasteiger partial charge in [0.1, 0.15) is 0 Å². The summed E-state index contributed by atoms with van der Waals surface area (Å²) in [6, 6.07) is 1.88. The molecule has 0 saturated carbocycles. The molecule has 14 heavy (non-hydrogen) atoms. The summed E-state index contributed by atoms with van der Waals surface area (Å²) >= 11 is 7.29. The van der Waals surface area contributed by atoms with Gasteiger partial charge in [-0.05, 0) is 30.9 Å². The first kappa shape index (κ1) is 11.7. The van der Waals surface area contributed by atoms with Crippen molar-refractivity contribution in [3.63, 3.8) is 0 Å². The number of aryl methyl sites for hydroxylation is 1. The number of carbonyl (C=O) groups excluding carboxylic acids is 1. The van der Waals surface area contributed by atoms with Crippen molar-refractivity contribution in [3.8, 4) is 0 Å². The summed E-state index contributed by atoms with van der Waals surface area (Å²) in [5, 5.41) is 0. The Hall–Kier alpha value is -0.340. The van der Waals surface area contributed by atoms with Crippen LogP contribution in [0.1, 0.15) is 41.9 Å². The second kappa shape index (κ2) is 4.94. The normalized spacial score (nSPS) is 10.9. The highest BCUT2D eigenvalue weighted by atomic mass is 35.5. The number of thiophene rings is 1. The van der Waals surface area contributed by atoms with Crippen molar-refractivity contribution in [1.82, 2.24) is 0 Å². The fraction of sp³-hybridized carbons (Fsp3) is 0.545. The van der Waals surface area contributed by atoms with Crippen LogP contribution in [-0.2, 0) is 0 Å². The standard InChI is InChI=1S/C11H15ClOS/c1-7(2)4-5-9(13)10-6-8(3)11(12)14-10/h6-7H,4-5H2,1-3H3. The molecule has 0 aromatic carbocycles. The Bertz CT molecular complexity index is 309. The van der Waals surface area contributed by atoms with Crippen molar-refractivity contribution < 1.29 is 4.79 Å². The van der Waals surface area contributed by atoms with E-state index in [0.717, 1.165) is 21.2 Å². The van der Waals surface area contributed by atoms with Gasteiger partial charge in [0.2, 0.25) is 0 Å². The molecular weight excluding hydrogens is 216 g/mol. The first-order chi connectivity index (χ1) is 6.50. The molecule has 0 saturated heterocycles. The highest BCUT2D eigenvalue weighted by molar-refractivity contribution is 7.18. The minimum Gasteiger partial charge on any atom is -0.293 e. The van der Waals surface area contributed by atoms with Crippen LogP contribution < -0.4 is 0 Å². The predicted octanol–water partition coefficient (Wildman–Crippen LogP) is 4.33. The van der Waals surface area contributed by atoms with Crippen molar-refractivity contribution >= 4 is 28.7 Å². The van der Waals surface area contributed by atoms with E-state index >= 15 is 0 Å². The number of hydrogen-bond donors (Lipinski definition) is 0. The van der Waals surface area contributed by atoms with Crippen LogP contribution >= 0.6 is 22.9 Å². The molecule has 0 unspecified atom stereocenters. The van der Waals surface area contributed by atoms with Crippen molar-refractivity contribution in [3.05, 3.63) is 20.8 Å². The highest BCUT2D eigenvalue weighted by Crippen LogP contribution is 2.28. The van der Waals surface area contributed by atoms with Gasteiger partial charge in [0, 0.05) is 6.42 Å². The average molecular weight is 231 g/mol. The molecule has 3 heteroatoms. The van der Waals surface area contributed by atoms with Gasteiger partial charge in [-0.2, -0.15) is 0 Å². The second-order valence-corrected chi connectivity index (χ2v) is 5.58. The average Bonchev–Trinajstić information content (AvgIpc) is 2.43. The smallest absolute Gasteiger partial charge is 0.172 e. The van der Waals surface area contributed by atoms with Crippen LogP contribution in [0, 0.1) is 12.8 Å². The Morgan fingerprint density at radius 2 is 2.21 bits per heavy atom. The maximum atomic E-state index is 11.7. The summed E-state index contributed by atoms with van der Waals surface area (Å²) in [7, 11) is 0. The molecule has 78 valence electrons. The van der Waals surface area contributed by atoms with Crippen LogP contribution in [0.4, 0.5) is 0 Å². The van der Waals surface area contributed by atoms with Gasteiger partial charge < -0.3 is 0 Å². The quantitative estimate of drug-likeness (QED) is 0.704. The van der Waals surface area contributed by atoms with E-state index in [4.69, 9.17) is 11.6 Å². The molecule has 0 atom stereocenters. The number of Topliss-reactive ketones (excluding diaryl/α,β-unsaturated/α-hetero) is 1. The number of rotatable bonds is 4. The molecule has 1 rings (SSSR count). The summed E-state index contributed by atoms with van der Waals surface area (Å²) < 4.78 is 0.734. The molecular formula is C11H15ClOS. The molecule has 1 aromatic rings. The predicted molar refractivity (Wildman–Crippen MR) is 62.5 cm³/mol. The summed E-state index contributed by atoms with van der Waals surface area (Å²) in [6.45, 7) is 6.18. The lowest BCUT2D eigenvalue weighted by Crippen LogP contribution is -1.98. The summed E-state index contributed by atoms with van der Waals surface area (Å²) in [4.78, 5) is 12.5. The fourth-order valence-corrected chi connectivity index (χ4v) is 2.31. The van der Waals surface area contributed by atoms with Crippen molar-refractivity contribution in [2.24, 2.45) is 5.92 Å². The number of ketones is 1. The molecule has 1 aromatic heterocycles. The first-order valence-corrected chi connectivity index (χ1v) is 5.99. The lowest BCUT2D eigenvalue weighted by molar-refractivity contribution is 0.0979. The Morgan fingerprint density at radius 3 is 2.64 bits per heavy atom. The number of carbonyl (C=O) groups is 1. The van der Waals surface area contributed by atoms with Crippen molar-refractivity contribution in [2.45, 2.75) is 33.6 Å². The van der Waals surface area contributed by atoms with Gasteiger partial charge in [-0.25, -0.2) is 0 Å². The van der Waals surface area contributed by atoms with Crippen LogP contribution in [0.2, 0.25) is 4.34 Å². The molecule has 1 heterocycles. The maximum Gasteiger partial charge on any atom is 0.172 e. The van der Waals surface area contributed by atoms with Gasteiger partial charge in [-0.1, -0.05) is 25.4 Å². The third-order valence-electron chi connectivity index (χ3n) is 2.08.